The van der Waals surface area contributed by atoms with Gasteiger partial charge in [0.1, 0.15) is 11.5 Å². The third kappa shape index (κ3) is 3.16. The number of ether oxygens (including phenoxy) is 2. The van der Waals surface area contributed by atoms with E-state index >= 15 is 0 Å². The Morgan fingerprint density at radius 2 is 1.95 bits per heavy atom. The molecule has 0 aliphatic rings. The first-order chi connectivity index (χ1) is 10.5. The van der Waals surface area contributed by atoms with E-state index in [9.17, 15) is 4.79 Å². The molecule has 0 amide bonds. The standard InChI is InChI=1S/C14H16ClN3O3S/c1-20-11-7-12(21-2)9(15)5-8(11)10-6-13(19)17-14(22)18(10)4-3-16/h5-7H,3-4,16H2,1-2H3,(H,17,19,22). The smallest absolute Gasteiger partial charge is 0.252 e. The van der Waals surface area contributed by atoms with Crippen molar-refractivity contribution in [2.75, 3.05) is 20.8 Å². The van der Waals surface area contributed by atoms with Gasteiger partial charge in [0, 0.05) is 30.8 Å². The van der Waals surface area contributed by atoms with E-state index in [1.807, 2.05) is 0 Å². The van der Waals surface area contributed by atoms with E-state index in [-0.39, 0.29) is 5.56 Å². The van der Waals surface area contributed by atoms with Gasteiger partial charge in [-0.05, 0) is 18.3 Å². The number of nitrogens with zero attached hydrogens (tertiary/aromatic N) is 1. The van der Waals surface area contributed by atoms with Crippen LogP contribution in [0.15, 0.2) is 23.0 Å². The number of benzene rings is 1. The summed E-state index contributed by atoms with van der Waals surface area (Å²) in [7, 11) is 3.05. The maximum Gasteiger partial charge on any atom is 0.252 e. The summed E-state index contributed by atoms with van der Waals surface area (Å²) in [5.41, 5.74) is 6.54. The fourth-order valence-corrected chi connectivity index (χ4v) is 2.69. The highest BCUT2D eigenvalue weighted by Crippen LogP contribution is 2.38. The number of nitrogens with one attached hydrogen (secondary N) is 1. The first kappa shape index (κ1) is 16.5. The summed E-state index contributed by atoms with van der Waals surface area (Å²) >= 11 is 11.4. The van der Waals surface area contributed by atoms with E-state index in [2.05, 4.69) is 4.98 Å². The van der Waals surface area contributed by atoms with E-state index in [1.165, 1.54) is 20.3 Å². The summed E-state index contributed by atoms with van der Waals surface area (Å²) in [5, 5.41) is 0.406. The van der Waals surface area contributed by atoms with Gasteiger partial charge in [0.2, 0.25) is 0 Å². The van der Waals surface area contributed by atoms with Gasteiger partial charge in [0.25, 0.3) is 5.56 Å². The van der Waals surface area contributed by atoms with Gasteiger partial charge in [-0.15, -0.1) is 0 Å². The molecule has 0 bridgehead atoms. The van der Waals surface area contributed by atoms with Crippen LogP contribution in [-0.2, 0) is 6.54 Å². The molecule has 2 aromatic rings. The minimum absolute atomic E-state index is 0.293. The second-order valence-electron chi connectivity index (χ2n) is 4.45. The Balaban J connectivity index is 2.78. The van der Waals surface area contributed by atoms with Crippen molar-refractivity contribution in [3.8, 4) is 22.8 Å². The molecule has 118 valence electrons. The lowest BCUT2D eigenvalue weighted by Crippen LogP contribution is -2.19. The molecular formula is C14H16ClN3O3S. The maximum absolute atomic E-state index is 11.8. The first-order valence-electron chi connectivity index (χ1n) is 6.48. The van der Waals surface area contributed by atoms with Crippen molar-refractivity contribution in [2.45, 2.75) is 6.54 Å². The monoisotopic (exact) mass is 341 g/mol. The van der Waals surface area contributed by atoms with E-state index in [0.29, 0.717) is 45.6 Å². The summed E-state index contributed by atoms with van der Waals surface area (Å²) in [6.45, 7) is 0.831. The molecule has 1 heterocycles. The summed E-state index contributed by atoms with van der Waals surface area (Å²) < 4.78 is 12.6. The van der Waals surface area contributed by atoms with Crippen LogP contribution >= 0.6 is 23.8 Å². The zero-order chi connectivity index (χ0) is 16.3. The predicted octanol–water partition coefficient (Wildman–Crippen LogP) is 2.20. The zero-order valence-electron chi connectivity index (χ0n) is 12.2. The van der Waals surface area contributed by atoms with Gasteiger partial charge < -0.3 is 19.8 Å². The lowest BCUT2D eigenvalue weighted by Gasteiger charge is -2.16. The van der Waals surface area contributed by atoms with Crippen molar-refractivity contribution in [2.24, 2.45) is 5.73 Å². The Kier molecular flexibility index (Phi) is 5.23. The molecule has 3 N–H and O–H groups in total. The normalized spacial score (nSPS) is 10.5. The minimum Gasteiger partial charge on any atom is -0.496 e. The van der Waals surface area contributed by atoms with Crippen molar-refractivity contribution >= 4 is 23.8 Å². The van der Waals surface area contributed by atoms with Crippen LogP contribution in [0.4, 0.5) is 0 Å². The van der Waals surface area contributed by atoms with Crippen molar-refractivity contribution in [1.29, 1.82) is 0 Å². The van der Waals surface area contributed by atoms with Crippen LogP contribution in [0.25, 0.3) is 11.3 Å². The fourth-order valence-electron chi connectivity index (χ4n) is 2.15. The van der Waals surface area contributed by atoms with Crippen LogP contribution < -0.4 is 20.8 Å². The van der Waals surface area contributed by atoms with Crippen LogP contribution in [0.2, 0.25) is 5.02 Å². The summed E-state index contributed by atoms with van der Waals surface area (Å²) in [4.78, 5) is 14.4. The Morgan fingerprint density at radius 3 is 2.55 bits per heavy atom. The number of H-pyrrole nitrogens is 1. The van der Waals surface area contributed by atoms with Gasteiger partial charge in [0.15, 0.2) is 4.77 Å². The molecule has 1 aromatic heterocycles. The molecule has 0 fully saturated rings. The van der Waals surface area contributed by atoms with Crippen molar-refractivity contribution < 1.29 is 9.47 Å². The number of aromatic amines is 1. The molecule has 0 spiro atoms. The van der Waals surface area contributed by atoms with E-state index in [1.54, 1.807) is 16.7 Å². The topological polar surface area (TPSA) is 82.3 Å². The second kappa shape index (κ2) is 6.95. The van der Waals surface area contributed by atoms with Gasteiger partial charge in [-0.1, -0.05) is 11.6 Å². The molecular weight excluding hydrogens is 326 g/mol. The Bertz CT molecular complexity index is 801. The molecule has 1 aromatic carbocycles. The predicted molar refractivity (Wildman–Crippen MR) is 88.5 cm³/mol. The molecule has 0 radical (unpaired) electrons. The summed E-state index contributed by atoms with van der Waals surface area (Å²) in [6.07, 6.45) is 0. The van der Waals surface area contributed by atoms with Crippen LogP contribution in [0.5, 0.6) is 11.5 Å². The largest absolute Gasteiger partial charge is 0.496 e. The highest BCUT2D eigenvalue weighted by atomic mass is 35.5. The fraction of sp³-hybridized carbons (Fsp3) is 0.286. The Morgan fingerprint density at radius 1 is 1.27 bits per heavy atom. The average Bonchev–Trinajstić information content (AvgIpc) is 2.49. The number of nitrogens with two attached hydrogens (primary N) is 1. The number of rotatable bonds is 5. The minimum atomic E-state index is -0.303. The third-order valence-corrected chi connectivity index (χ3v) is 3.75. The number of halogens is 1. The number of hydrogen-bond donors (Lipinski definition) is 2. The van der Waals surface area contributed by atoms with Gasteiger partial charge >= 0.3 is 0 Å². The summed E-state index contributed by atoms with van der Waals surface area (Å²) in [5.74, 6) is 1.00. The molecule has 0 saturated heterocycles. The van der Waals surface area contributed by atoms with Gasteiger partial charge in [0.05, 0.1) is 24.9 Å². The van der Waals surface area contributed by atoms with Crippen LogP contribution in [0.1, 0.15) is 0 Å². The first-order valence-corrected chi connectivity index (χ1v) is 7.26. The van der Waals surface area contributed by atoms with Crippen LogP contribution in [-0.4, -0.2) is 30.3 Å². The van der Waals surface area contributed by atoms with Crippen LogP contribution in [0.3, 0.4) is 0 Å². The molecule has 8 heteroatoms. The number of aromatic nitrogens is 2. The lowest BCUT2D eigenvalue weighted by molar-refractivity contribution is 0.395. The number of methoxy groups -OCH3 is 2. The highest BCUT2D eigenvalue weighted by molar-refractivity contribution is 7.71. The molecule has 0 saturated carbocycles. The quantitative estimate of drug-likeness (QED) is 0.815. The number of hydrogen-bond acceptors (Lipinski definition) is 5. The second-order valence-corrected chi connectivity index (χ2v) is 5.25. The van der Waals surface area contributed by atoms with Crippen molar-refractivity contribution in [3.63, 3.8) is 0 Å². The van der Waals surface area contributed by atoms with Crippen LogP contribution in [0, 0.1) is 4.77 Å². The van der Waals surface area contributed by atoms with E-state index < -0.39 is 0 Å². The lowest BCUT2D eigenvalue weighted by atomic mass is 10.1. The molecule has 0 aliphatic carbocycles. The van der Waals surface area contributed by atoms with E-state index in [4.69, 9.17) is 39.0 Å². The molecule has 0 atom stereocenters. The van der Waals surface area contributed by atoms with Gasteiger partial charge in [-0.2, -0.15) is 0 Å². The molecule has 0 aliphatic heterocycles. The van der Waals surface area contributed by atoms with Gasteiger partial charge in [-0.25, -0.2) is 0 Å². The molecule has 22 heavy (non-hydrogen) atoms. The molecule has 6 nitrogen and oxygen atoms in total. The van der Waals surface area contributed by atoms with Gasteiger partial charge in [-0.3, -0.25) is 9.78 Å². The maximum atomic E-state index is 11.8. The van der Waals surface area contributed by atoms with E-state index in [0.717, 1.165) is 0 Å². The molecule has 2 rings (SSSR count). The summed E-state index contributed by atoms with van der Waals surface area (Å²) in [6, 6.07) is 4.77. The molecule has 0 unspecified atom stereocenters. The SMILES string of the molecule is COc1cc(OC)c(-c2cc(=O)[nH]c(=S)n2CCN)cc1Cl. The zero-order valence-corrected chi connectivity index (χ0v) is 13.8. The van der Waals surface area contributed by atoms with Crippen molar-refractivity contribution in [3.05, 3.63) is 38.3 Å². The highest BCUT2D eigenvalue weighted by Gasteiger charge is 2.15. The van der Waals surface area contributed by atoms with Crippen molar-refractivity contribution in [1.82, 2.24) is 9.55 Å². The third-order valence-electron chi connectivity index (χ3n) is 3.14. The Hall–Kier alpha value is -1.83. The Labute approximate surface area is 137 Å². The average molecular weight is 342 g/mol.